The van der Waals surface area contributed by atoms with Gasteiger partial charge in [0.05, 0.1) is 6.42 Å². The number of nitrogens with two attached hydrogens (primary N) is 1. The number of benzene rings is 2. The molecule has 124 valence electrons. The van der Waals surface area contributed by atoms with Crippen LogP contribution in [0, 0.1) is 6.92 Å². The lowest BCUT2D eigenvalue weighted by Gasteiger charge is -2.15. The maximum Gasteiger partial charge on any atom is 0.313 e. The Hall–Kier alpha value is -1.84. The van der Waals surface area contributed by atoms with Crippen molar-refractivity contribution < 1.29 is 9.53 Å². The Morgan fingerprint density at radius 3 is 2.39 bits per heavy atom. The minimum atomic E-state index is -0.346. The largest absolute Gasteiger partial charge is 0.426 e. The summed E-state index contributed by atoms with van der Waals surface area (Å²) in [6.07, 6.45) is 0.162. The zero-order valence-electron chi connectivity index (χ0n) is 13.8. The van der Waals surface area contributed by atoms with Crippen LogP contribution in [-0.4, -0.2) is 5.97 Å². The molecule has 23 heavy (non-hydrogen) atoms. The monoisotopic (exact) mass is 333 g/mol. The van der Waals surface area contributed by atoms with Crippen molar-refractivity contribution in [3.05, 3.63) is 65.2 Å². The van der Waals surface area contributed by atoms with Crippen molar-refractivity contribution in [2.75, 3.05) is 0 Å². The number of hydrogen-bond acceptors (Lipinski definition) is 3. The molecule has 2 aromatic rings. The van der Waals surface area contributed by atoms with E-state index in [9.17, 15) is 4.79 Å². The van der Waals surface area contributed by atoms with E-state index >= 15 is 0 Å². The first-order valence-electron chi connectivity index (χ1n) is 7.59. The summed E-state index contributed by atoms with van der Waals surface area (Å²) in [6, 6.07) is 15.2. The van der Waals surface area contributed by atoms with E-state index in [4.69, 9.17) is 10.5 Å². The molecule has 2 rings (SSSR count). The number of carbonyl (C=O) groups is 1. The van der Waals surface area contributed by atoms with Crippen LogP contribution < -0.4 is 10.5 Å². The molecule has 0 aromatic heterocycles. The van der Waals surface area contributed by atoms with Crippen LogP contribution in [0.3, 0.4) is 0 Å². The molecule has 4 heteroatoms. The average molecular weight is 334 g/mol. The highest BCUT2D eigenvalue weighted by molar-refractivity contribution is 5.85. The van der Waals surface area contributed by atoms with Gasteiger partial charge in [0.25, 0.3) is 0 Å². The summed E-state index contributed by atoms with van der Waals surface area (Å²) in [5.41, 5.74) is 9.12. The summed E-state index contributed by atoms with van der Waals surface area (Å²) >= 11 is 0. The first-order valence-corrected chi connectivity index (χ1v) is 7.59. The molecular weight excluding hydrogens is 310 g/mol. The Morgan fingerprint density at radius 1 is 1.13 bits per heavy atom. The Bertz CT molecular complexity index is 641. The summed E-state index contributed by atoms with van der Waals surface area (Å²) in [5.74, 6) is 0.635. The van der Waals surface area contributed by atoms with Crippen LogP contribution >= 0.6 is 12.4 Å². The minimum absolute atomic E-state index is 0. The fourth-order valence-corrected chi connectivity index (χ4v) is 2.37. The fraction of sp³-hybridized carbons (Fsp3) is 0.316. The Morgan fingerprint density at radius 2 is 1.78 bits per heavy atom. The molecule has 0 aliphatic heterocycles. The molecular formula is C19H24ClNO2. The first kappa shape index (κ1) is 19.2. The van der Waals surface area contributed by atoms with Gasteiger partial charge in [0.2, 0.25) is 0 Å². The highest BCUT2D eigenvalue weighted by Gasteiger charge is 2.16. The number of ether oxygens (including phenoxy) is 1. The van der Waals surface area contributed by atoms with Crippen LogP contribution in [0.25, 0.3) is 0 Å². The molecule has 0 amide bonds. The molecule has 0 saturated heterocycles. The summed E-state index contributed by atoms with van der Waals surface area (Å²) in [7, 11) is 0. The molecule has 2 aromatic carbocycles. The highest BCUT2D eigenvalue weighted by atomic mass is 35.5. The number of rotatable bonds is 5. The van der Waals surface area contributed by atoms with Crippen molar-refractivity contribution in [3.63, 3.8) is 0 Å². The lowest BCUT2D eigenvalue weighted by molar-refractivity contribution is -0.134. The van der Waals surface area contributed by atoms with E-state index in [-0.39, 0.29) is 30.8 Å². The number of aryl methyl sites for hydroxylation is 1. The van der Waals surface area contributed by atoms with Crippen LogP contribution in [0.2, 0.25) is 0 Å². The molecule has 3 nitrogen and oxygen atoms in total. The van der Waals surface area contributed by atoms with Gasteiger partial charge in [0.1, 0.15) is 5.75 Å². The molecule has 1 atom stereocenters. The number of halogens is 1. The second kappa shape index (κ2) is 8.70. The molecule has 0 bridgehead atoms. The lowest BCUT2D eigenvalue weighted by Crippen LogP contribution is -2.19. The second-order valence-electron chi connectivity index (χ2n) is 5.89. The van der Waals surface area contributed by atoms with Gasteiger partial charge in [-0.2, -0.15) is 0 Å². The normalized spacial score (nSPS) is 11.7. The number of carbonyl (C=O) groups excluding carboxylic acids is 1. The van der Waals surface area contributed by atoms with E-state index < -0.39 is 0 Å². The van der Waals surface area contributed by atoms with E-state index in [0.29, 0.717) is 11.7 Å². The Labute approximate surface area is 144 Å². The van der Waals surface area contributed by atoms with Crippen molar-refractivity contribution in [2.24, 2.45) is 5.73 Å². The van der Waals surface area contributed by atoms with Gasteiger partial charge < -0.3 is 10.5 Å². The van der Waals surface area contributed by atoms with Crippen molar-refractivity contribution in [3.8, 4) is 5.75 Å². The SMILES string of the molecule is Cc1ccc(C(C)C)c(OC(=O)C[C@@H](N)c2ccccc2)c1.Cl. The number of hydrogen-bond donors (Lipinski definition) is 1. The van der Waals surface area contributed by atoms with Crippen molar-refractivity contribution >= 4 is 18.4 Å². The van der Waals surface area contributed by atoms with Gasteiger partial charge in [-0.25, -0.2) is 0 Å². The van der Waals surface area contributed by atoms with E-state index in [1.807, 2.05) is 55.5 Å². The summed E-state index contributed by atoms with van der Waals surface area (Å²) < 4.78 is 5.56. The number of esters is 1. The van der Waals surface area contributed by atoms with Gasteiger partial charge in [-0.1, -0.05) is 56.3 Å². The van der Waals surface area contributed by atoms with E-state index in [1.54, 1.807) is 0 Å². The van der Waals surface area contributed by atoms with Gasteiger partial charge >= 0.3 is 5.97 Å². The van der Waals surface area contributed by atoms with Crippen LogP contribution in [0.15, 0.2) is 48.5 Å². The van der Waals surface area contributed by atoms with Gasteiger partial charge in [-0.15, -0.1) is 12.4 Å². The Balaban J connectivity index is 0.00000264. The third-order valence-electron chi connectivity index (χ3n) is 3.63. The van der Waals surface area contributed by atoms with Crippen LogP contribution in [0.4, 0.5) is 0 Å². The van der Waals surface area contributed by atoms with Gasteiger partial charge in [-0.05, 0) is 35.6 Å². The minimum Gasteiger partial charge on any atom is -0.426 e. The predicted octanol–water partition coefficient (Wildman–Crippen LogP) is 4.54. The maximum absolute atomic E-state index is 12.2. The predicted molar refractivity (Wildman–Crippen MR) is 96.1 cm³/mol. The van der Waals surface area contributed by atoms with Crippen molar-refractivity contribution in [1.29, 1.82) is 0 Å². The molecule has 0 unspecified atom stereocenters. The summed E-state index contributed by atoms with van der Waals surface area (Å²) in [5, 5.41) is 0. The topological polar surface area (TPSA) is 52.3 Å². The average Bonchev–Trinajstić information content (AvgIpc) is 2.47. The molecule has 0 saturated carbocycles. The third-order valence-corrected chi connectivity index (χ3v) is 3.63. The third kappa shape index (κ3) is 5.38. The van der Waals surface area contributed by atoms with E-state index in [1.165, 1.54) is 0 Å². The molecule has 0 radical (unpaired) electrons. The molecule has 0 heterocycles. The molecule has 0 fully saturated rings. The zero-order chi connectivity index (χ0) is 16.1. The standard InChI is InChI=1S/C19H23NO2.ClH/c1-13(2)16-10-9-14(3)11-18(16)22-19(21)12-17(20)15-7-5-4-6-8-15;/h4-11,13,17H,12,20H2,1-3H3;1H/t17-;/m1./s1. The van der Waals surface area contributed by atoms with Gasteiger partial charge in [0.15, 0.2) is 0 Å². The second-order valence-corrected chi connectivity index (χ2v) is 5.89. The zero-order valence-corrected chi connectivity index (χ0v) is 14.6. The van der Waals surface area contributed by atoms with Crippen molar-refractivity contribution in [2.45, 2.75) is 39.2 Å². The lowest BCUT2D eigenvalue weighted by atomic mass is 10.0. The molecule has 0 spiro atoms. The molecule has 2 N–H and O–H groups in total. The first-order chi connectivity index (χ1) is 10.5. The van der Waals surface area contributed by atoms with E-state index in [0.717, 1.165) is 16.7 Å². The summed E-state index contributed by atoms with van der Waals surface area (Å²) in [6.45, 7) is 6.15. The molecule has 0 aliphatic carbocycles. The maximum atomic E-state index is 12.2. The van der Waals surface area contributed by atoms with Gasteiger partial charge in [0, 0.05) is 6.04 Å². The van der Waals surface area contributed by atoms with Crippen LogP contribution in [-0.2, 0) is 4.79 Å². The summed E-state index contributed by atoms with van der Waals surface area (Å²) in [4.78, 5) is 12.2. The quantitative estimate of drug-likeness (QED) is 0.645. The van der Waals surface area contributed by atoms with Crippen molar-refractivity contribution in [1.82, 2.24) is 0 Å². The van der Waals surface area contributed by atoms with Crippen LogP contribution in [0.5, 0.6) is 5.75 Å². The smallest absolute Gasteiger partial charge is 0.313 e. The highest BCUT2D eigenvalue weighted by Crippen LogP contribution is 2.28. The fourth-order valence-electron chi connectivity index (χ4n) is 2.37. The Kier molecular flexibility index (Phi) is 7.27. The van der Waals surface area contributed by atoms with Gasteiger partial charge in [-0.3, -0.25) is 4.79 Å². The van der Waals surface area contributed by atoms with E-state index in [2.05, 4.69) is 13.8 Å². The molecule has 0 aliphatic rings. The van der Waals surface area contributed by atoms with Crippen LogP contribution in [0.1, 0.15) is 48.9 Å².